The van der Waals surface area contributed by atoms with Crippen LogP contribution in [0.25, 0.3) is 0 Å². The summed E-state index contributed by atoms with van der Waals surface area (Å²) in [4.78, 5) is 43.4. The van der Waals surface area contributed by atoms with Crippen LogP contribution < -0.4 is 10.9 Å². The SMILES string of the molecule is Cn1c(SCC(=O)N2CCCCCC2)ncc(C(=O)Nc2ccc(F)cc2)c1=O. The van der Waals surface area contributed by atoms with Crippen molar-refractivity contribution in [3.8, 4) is 0 Å². The lowest BCUT2D eigenvalue weighted by Crippen LogP contribution is -2.33. The highest BCUT2D eigenvalue weighted by atomic mass is 32.2. The summed E-state index contributed by atoms with van der Waals surface area (Å²) in [5.41, 5.74) is -0.260. The predicted molar refractivity (Wildman–Crippen MR) is 110 cm³/mol. The fourth-order valence-electron chi connectivity index (χ4n) is 3.09. The first-order valence-corrected chi connectivity index (χ1v) is 10.5. The van der Waals surface area contributed by atoms with Crippen LogP contribution in [-0.4, -0.2) is 45.1 Å². The molecule has 0 unspecified atom stereocenters. The van der Waals surface area contributed by atoms with Gasteiger partial charge in [-0.25, -0.2) is 9.37 Å². The number of nitrogens with zero attached hydrogens (tertiary/aromatic N) is 3. The van der Waals surface area contributed by atoms with Gasteiger partial charge in [-0.15, -0.1) is 0 Å². The summed E-state index contributed by atoms with van der Waals surface area (Å²) in [5, 5.41) is 2.92. The third-order valence-electron chi connectivity index (χ3n) is 4.76. The molecule has 29 heavy (non-hydrogen) atoms. The zero-order chi connectivity index (χ0) is 20.8. The zero-order valence-corrected chi connectivity index (χ0v) is 17.0. The maximum Gasteiger partial charge on any atom is 0.266 e. The monoisotopic (exact) mass is 418 g/mol. The number of nitrogens with one attached hydrogen (secondary N) is 1. The minimum absolute atomic E-state index is 0.0317. The summed E-state index contributed by atoms with van der Waals surface area (Å²) in [6.45, 7) is 1.54. The Hall–Kier alpha value is -2.68. The molecule has 154 valence electrons. The Morgan fingerprint density at radius 1 is 1.14 bits per heavy atom. The van der Waals surface area contributed by atoms with E-state index in [0.29, 0.717) is 10.8 Å². The lowest BCUT2D eigenvalue weighted by Gasteiger charge is -2.20. The number of aromatic nitrogens is 2. The largest absolute Gasteiger partial charge is 0.342 e. The molecule has 0 bridgehead atoms. The van der Waals surface area contributed by atoms with E-state index in [1.807, 2.05) is 4.90 Å². The van der Waals surface area contributed by atoms with Crippen molar-refractivity contribution in [2.75, 3.05) is 24.2 Å². The van der Waals surface area contributed by atoms with Crippen LogP contribution >= 0.6 is 11.8 Å². The first-order valence-electron chi connectivity index (χ1n) is 9.49. The van der Waals surface area contributed by atoms with Gasteiger partial charge < -0.3 is 10.2 Å². The third-order valence-corrected chi connectivity index (χ3v) is 5.79. The van der Waals surface area contributed by atoms with Gasteiger partial charge in [-0.1, -0.05) is 24.6 Å². The molecule has 0 saturated carbocycles. The van der Waals surface area contributed by atoms with Gasteiger partial charge in [0.2, 0.25) is 5.91 Å². The van der Waals surface area contributed by atoms with Crippen molar-refractivity contribution in [3.63, 3.8) is 0 Å². The molecule has 2 aromatic rings. The van der Waals surface area contributed by atoms with E-state index in [1.54, 1.807) is 0 Å². The van der Waals surface area contributed by atoms with Crippen molar-refractivity contribution in [2.24, 2.45) is 7.05 Å². The van der Waals surface area contributed by atoms with Gasteiger partial charge in [0.15, 0.2) is 5.16 Å². The fourth-order valence-corrected chi connectivity index (χ4v) is 3.93. The number of carbonyl (C=O) groups excluding carboxylic acids is 2. The lowest BCUT2D eigenvalue weighted by atomic mass is 10.2. The van der Waals surface area contributed by atoms with Gasteiger partial charge in [-0.05, 0) is 37.1 Å². The van der Waals surface area contributed by atoms with E-state index in [-0.39, 0.29) is 17.2 Å². The summed E-state index contributed by atoms with van der Waals surface area (Å²) >= 11 is 1.18. The number of likely N-dealkylation sites (tertiary alicyclic amines) is 1. The lowest BCUT2D eigenvalue weighted by molar-refractivity contribution is -0.128. The Bertz CT molecular complexity index is 938. The van der Waals surface area contributed by atoms with Gasteiger partial charge >= 0.3 is 0 Å². The molecule has 3 rings (SSSR count). The summed E-state index contributed by atoms with van der Waals surface area (Å²) in [7, 11) is 1.52. The fraction of sp³-hybridized carbons (Fsp3) is 0.400. The maximum absolute atomic E-state index is 13.0. The van der Waals surface area contributed by atoms with E-state index in [1.165, 1.54) is 53.8 Å². The highest BCUT2D eigenvalue weighted by Crippen LogP contribution is 2.17. The molecule has 1 saturated heterocycles. The highest BCUT2D eigenvalue weighted by Gasteiger charge is 2.19. The van der Waals surface area contributed by atoms with Gasteiger partial charge in [0, 0.05) is 32.0 Å². The van der Waals surface area contributed by atoms with Gasteiger partial charge in [-0.3, -0.25) is 19.0 Å². The molecule has 1 fully saturated rings. The molecule has 1 aromatic carbocycles. The van der Waals surface area contributed by atoms with E-state index < -0.39 is 17.3 Å². The second-order valence-electron chi connectivity index (χ2n) is 6.86. The first kappa shape index (κ1) is 21.0. The quantitative estimate of drug-likeness (QED) is 0.596. The minimum atomic E-state index is -0.623. The van der Waals surface area contributed by atoms with Crippen LogP contribution in [0.1, 0.15) is 36.0 Å². The van der Waals surface area contributed by atoms with Crippen LogP contribution in [0.5, 0.6) is 0 Å². The molecule has 0 atom stereocenters. The Morgan fingerprint density at radius 2 is 1.79 bits per heavy atom. The van der Waals surface area contributed by atoms with Crippen LogP contribution in [0.2, 0.25) is 0 Å². The average Bonchev–Trinajstić information content (AvgIpc) is 3.00. The van der Waals surface area contributed by atoms with E-state index in [0.717, 1.165) is 38.8 Å². The average molecular weight is 418 g/mol. The van der Waals surface area contributed by atoms with Gasteiger partial charge in [0.1, 0.15) is 11.4 Å². The second-order valence-corrected chi connectivity index (χ2v) is 7.81. The molecular weight excluding hydrogens is 395 g/mol. The molecule has 0 spiro atoms. The van der Waals surface area contributed by atoms with Crippen LogP contribution in [-0.2, 0) is 11.8 Å². The molecular formula is C20H23FN4O3S. The minimum Gasteiger partial charge on any atom is -0.342 e. The predicted octanol–water partition coefficient (Wildman–Crippen LogP) is 2.67. The van der Waals surface area contributed by atoms with Crippen molar-refractivity contribution >= 4 is 29.3 Å². The summed E-state index contributed by atoms with van der Waals surface area (Å²) < 4.78 is 14.2. The molecule has 1 aromatic heterocycles. The van der Waals surface area contributed by atoms with Crippen LogP contribution in [0.15, 0.2) is 40.4 Å². The van der Waals surface area contributed by atoms with Crippen LogP contribution in [0, 0.1) is 5.82 Å². The molecule has 1 aliphatic rings. The number of hydrogen-bond donors (Lipinski definition) is 1. The smallest absolute Gasteiger partial charge is 0.266 e. The number of benzene rings is 1. The second kappa shape index (κ2) is 9.69. The molecule has 2 heterocycles. The van der Waals surface area contributed by atoms with E-state index in [4.69, 9.17) is 0 Å². The Balaban J connectivity index is 1.65. The van der Waals surface area contributed by atoms with E-state index >= 15 is 0 Å². The number of anilines is 1. The van der Waals surface area contributed by atoms with E-state index in [2.05, 4.69) is 10.3 Å². The van der Waals surface area contributed by atoms with Crippen molar-refractivity contribution in [2.45, 2.75) is 30.8 Å². The standard InChI is InChI=1S/C20H23FN4O3S/c1-24-19(28)16(18(27)23-15-8-6-14(21)7-9-15)12-22-20(24)29-13-17(26)25-10-4-2-3-5-11-25/h6-9,12H,2-5,10-11,13H2,1H3,(H,23,27). The summed E-state index contributed by atoms with van der Waals surface area (Å²) in [6, 6.07) is 5.24. The zero-order valence-electron chi connectivity index (χ0n) is 16.2. The Morgan fingerprint density at radius 3 is 2.45 bits per heavy atom. The van der Waals surface area contributed by atoms with Crippen LogP contribution in [0.4, 0.5) is 10.1 Å². The normalized spacial score (nSPS) is 14.3. The molecule has 2 amide bonds. The van der Waals surface area contributed by atoms with Crippen molar-refractivity contribution in [1.82, 2.24) is 14.5 Å². The summed E-state index contributed by atoms with van der Waals surface area (Å²) in [6.07, 6.45) is 5.54. The number of amides is 2. The Labute approximate surface area is 172 Å². The molecule has 1 aliphatic heterocycles. The first-order chi connectivity index (χ1) is 14.0. The molecule has 0 radical (unpaired) electrons. The van der Waals surface area contributed by atoms with Gasteiger partial charge in [0.05, 0.1) is 5.75 Å². The van der Waals surface area contributed by atoms with Crippen LogP contribution in [0.3, 0.4) is 0 Å². The van der Waals surface area contributed by atoms with Crippen molar-refractivity contribution in [3.05, 3.63) is 52.2 Å². The van der Waals surface area contributed by atoms with Crippen molar-refractivity contribution < 1.29 is 14.0 Å². The number of hydrogen-bond acceptors (Lipinski definition) is 5. The topological polar surface area (TPSA) is 84.3 Å². The number of halogens is 1. The van der Waals surface area contributed by atoms with Crippen molar-refractivity contribution in [1.29, 1.82) is 0 Å². The molecule has 9 heteroatoms. The highest BCUT2D eigenvalue weighted by molar-refractivity contribution is 7.99. The third kappa shape index (κ3) is 5.44. The number of thioether (sulfide) groups is 1. The van der Waals surface area contributed by atoms with E-state index in [9.17, 15) is 18.8 Å². The molecule has 0 aliphatic carbocycles. The van der Waals surface area contributed by atoms with Gasteiger partial charge in [-0.2, -0.15) is 0 Å². The molecule has 7 nitrogen and oxygen atoms in total. The number of carbonyl (C=O) groups is 2. The number of rotatable bonds is 5. The Kier molecular flexibility index (Phi) is 7.03. The maximum atomic E-state index is 13.0. The van der Waals surface area contributed by atoms with Gasteiger partial charge in [0.25, 0.3) is 11.5 Å². The molecule has 1 N–H and O–H groups in total. The summed E-state index contributed by atoms with van der Waals surface area (Å²) in [5.74, 6) is -0.815.